The molecule has 0 unspecified atom stereocenters. The highest BCUT2D eigenvalue weighted by atomic mass is 35.5. The van der Waals surface area contributed by atoms with Crippen LogP contribution in [0.25, 0.3) is 10.8 Å². The van der Waals surface area contributed by atoms with E-state index in [-0.39, 0.29) is 17.5 Å². The van der Waals surface area contributed by atoms with Crippen molar-refractivity contribution in [3.05, 3.63) is 59.2 Å². The summed E-state index contributed by atoms with van der Waals surface area (Å²) in [7, 11) is 0. The first-order valence-electron chi connectivity index (χ1n) is 8.95. The molecule has 0 fully saturated rings. The van der Waals surface area contributed by atoms with Crippen molar-refractivity contribution in [2.24, 2.45) is 0 Å². The fourth-order valence-electron chi connectivity index (χ4n) is 2.62. The van der Waals surface area contributed by atoms with Gasteiger partial charge in [0, 0.05) is 6.20 Å². The molecule has 2 aromatic carbocycles. The predicted octanol–water partition coefficient (Wildman–Crippen LogP) is 6.03. The van der Waals surface area contributed by atoms with Gasteiger partial charge in [0.1, 0.15) is 16.5 Å². The third kappa shape index (κ3) is 5.13. The molecule has 3 aromatic rings. The van der Waals surface area contributed by atoms with Gasteiger partial charge in [-0.1, -0.05) is 23.7 Å². The van der Waals surface area contributed by atoms with E-state index in [1.54, 1.807) is 50.2 Å². The van der Waals surface area contributed by atoms with Crippen LogP contribution in [0.1, 0.15) is 19.4 Å². The molecule has 0 saturated carbocycles. The van der Waals surface area contributed by atoms with Crippen LogP contribution in [-0.4, -0.2) is 23.7 Å². The summed E-state index contributed by atoms with van der Waals surface area (Å²) in [6.07, 6.45) is -4.67. The van der Waals surface area contributed by atoms with Crippen molar-refractivity contribution >= 4 is 28.3 Å². The van der Waals surface area contributed by atoms with Crippen LogP contribution in [-0.2, 0) is 15.7 Å². The quantitative estimate of drug-likeness (QED) is 0.439. The molecule has 0 N–H and O–H groups in total. The molecule has 0 aliphatic carbocycles. The van der Waals surface area contributed by atoms with Crippen molar-refractivity contribution < 1.29 is 32.2 Å². The Hall–Kier alpha value is -3.00. The third-order valence-electron chi connectivity index (χ3n) is 4.06. The molecule has 158 valence electrons. The largest absolute Gasteiger partial charge is 0.479 e. The van der Waals surface area contributed by atoms with Crippen molar-refractivity contribution in [2.75, 3.05) is 6.61 Å². The van der Waals surface area contributed by atoms with Crippen molar-refractivity contribution in [3.8, 4) is 17.4 Å². The zero-order chi connectivity index (χ0) is 21.9. The molecule has 3 rings (SSSR count). The number of benzene rings is 2. The standard InChI is InChI=1S/C21H17ClF3NO4/c1-3-28-20(27)12(2)29-16-6-4-13-5-7-17(9-14(13)8-16)30-19-18(22)10-15(11-26-19)21(23,24)25/h4-12H,3H2,1-2H3/t12-/m1/s1. The van der Waals surface area contributed by atoms with Gasteiger partial charge in [-0.2, -0.15) is 13.2 Å². The van der Waals surface area contributed by atoms with Crippen molar-refractivity contribution in [1.82, 2.24) is 4.98 Å². The maximum absolute atomic E-state index is 12.7. The van der Waals surface area contributed by atoms with E-state index in [1.165, 1.54) is 0 Å². The molecule has 1 heterocycles. The number of pyridine rings is 1. The fraction of sp³-hybridized carbons (Fsp3) is 0.238. The second-order valence-electron chi connectivity index (χ2n) is 6.29. The Labute approximate surface area is 175 Å². The second-order valence-corrected chi connectivity index (χ2v) is 6.70. The molecule has 1 atom stereocenters. The third-order valence-corrected chi connectivity index (χ3v) is 4.33. The first-order chi connectivity index (χ1) is 14.2. The zero-order valence-electron chi connectivity index (χ0n) is 16.0. The Morgan fingerprint density at radius 1 is 1.10 bits per heavy atom. The summed E-state index contributed by atoms with van der Waals surface area (Å²) in [5, 5.41) is 1.33. The molecule has 9 heteroatoms. The van der Waals surface area contributed by atoms with Gasteiger partial charge in [0.15, 0.2) is 6.10 Å². The van der Waals surface area contributed by atoms with Crippen molar-refractivity contribution in [3.63, 3.8) is 0 Å². The number of hydrogen-bond donors (Lipinski definition) is 0. The maximum Gasteiger partial charge on any atom is 0.417 e. The SMILES string of the molecule is CCOC(=O)[C@@H](C)Oc1ccc2ccc(Oc3ncc(C(F)(F)F)cc3Cl)cc2c1. The average Bonchev–Trinajstić information content (AvgIpc) is 2.68. The van der Waals surface area contributed by atoms with Crippen LogP contribution < -0.4 is 9.47 Å². The molecule has 0 radical (unpaired) electrons. The predicted molar refractivity (Wildman–Crippen MR) is 105 cm³/mol. The lowest BCUT2D eigenvalue weighted by molar-refractivity contribution is -0.150. The summed E-state index contributed by atoms with van der Waals surface area (Å²) in [6, 6.07) is 11.0. The summed E-state index contributed by atoms with van der Waals surface area (Å²) in [5.41, 5.74) is -0.962. The molecular weight excluding hydrogens is 423 g/mol. The van der Waals surface area contributed by atoms with E-state index in [9.17, 15) is 18.0 Å². The van der Waals surface area contributed by atoms with Crippen LogP contribution in [0, 0.1) is 0 Å². The normalized spacial score (nSPS) is 12.5. The maximum atomic E-state index is 12.7. The molecular formula is C21H17ClF3NO4. The van der Waals surface area contributed by atoms with E-state index < -0.39 is 23.8 Å². The van der Waals surface area contributed by atoms with Crippen molar-refractivity contribution in [1.29, 1.82) is 0 Å². The van der Waals surface area contributed by atoms with Gasteiger partial charge < -0.3 is 14.2 Å². The van der Waals surface area contributed by atoms with Gasteiger partial charge in [-0.05, 0) is 55.0 Å². The van der Waals surface area contributed by atoms with Gasteiger partial charge in [-0.3, -0.25) is 0 Å². The molecule has 0 saturated heterocycles. The number of carbonyl (C=O) groups is 1. The number of hydrogen-bond acceptors (Lipinski definition) is 5. The Kier molecular flexibility index (Phi) is 6.36. The summed E-state index contributed by atoms with van der Waals surface area (Å²) >= 11 is 5.89. The van der Waals surface area contributed by atoms with Gasteiger partial charge in [0.2, 0.25) is 5.88 Å². The smallest absolute Gasteiger partial charge is 0.417 e. The molecule has 0 bridgehead atoms. The van der Waals surface area contributed by atoms with Gasteiger partial charge in [0.05, 0.1) is 12.2 Å². The van der Waals surface area contributed by atoms with Crippen LogP contribution >= 0.6 is 11.6 Å². The Morgan fingerprint density at radius 3 is 2.40 bits per heavy atom. The van der Waals surface area contributed by atoms with Crippen LogP contribution in [0.4, 0.5) is 13.2 Å². The van der Waals surface area contributed by atoms with Crippen molar-refractivity contribution in [2.45, 2.75) is 26.1 Å². The summed E-state index contributed by atoms with van der Waals surface area (Å²) < 4.78 is 54.3. The second kappa shape index (κ2) is 8.79. The minimum Gasteiger partial charge on any atom is -0.479 e. The number of halogens is 4. The first-order valence-corrected chi connectivity index (χ1v) is 9.33. The molecule has 1 aromatic heterocycles. The van der Waals surface area contributed by atoms with Gasteiger partial charge >= 0.3 is 12.1 Å². The monoisotopic (exact) mass is 439 g/mol. The zero-order valence-corrected chi connectivity index (χ0v) is 16.8. The summed E-state index contributed by atoms with van der Waals surface area (Å²) in [6.45, 7) is 3.55. The minimum atomic E-state index is -4.55. The molecule has 0 amide bonds. The molecule has 30 heavy (non-hydrogen) atoms. The van der Waals surface area contributed by atoms with Crippen LogP contribution in [0.15, 0.2) is 48.7 Å². The molecule has 0 aliphatic heterocycles. The van der Waals surface area contributed by atoms with E-state index in [4.69, 9.17) is 25.8 Å². The fourth-order valence-corrected chi connectivity index (χ4v) is 2.82. The lowest BCUT2D eigenvalue weighted by Crippen LogP contribution is -2.26. The van der Waals surface area contributed by atoms with Gasteiger partial charge in [-0.25, -0.2) is 9.78 Å². The highest BCUT2D eigenvalue weighted by molar-refractivity contribution is 6.31. The Bertz CT molecular complexity index is 1070. The summed E-state index contributed by atoms with van der Waals surface area (Å²) in [5.74, 6) is 0.156. The highest BCUT2D eigenvalue weighted by Gasteiger charge is 2.31. The van der Waals surface area contributed by atoms with Gasteiger partial charge in [0.25, 0.3) is 0 Å². The number of nitrogens with zero attached hydrogens (tertiary/aromatic N) is 1. The lowest BCUT2D eigenvalue weighted by Gasteiger charge is -2.14. The first kappa shape index (κ1) is 21.7. The lowest BCUT2D eigenvalue weighted by atomic mass is 10.1. The molecule has 0 aliphatic rings. The Balaban J connectivity index is 1.82. The van der Waals surface area contributed by atoms with E-state index in [0.29, 0.717) is 17.7 Å². The minimum absolute atomic E-state index is 0.146. The molecule has 0 spiro atoms. The van der Waals surface area contributed by atoms with Crippen LogP contribution in [0.5, 0.6) is 17.4 Å². The number of rotatable bonds is 6. The van der Waals surface area contributed by atoms with E-state index >= 15 is 0 Å². The Morgan fingerprint density at radius 2 is 1.77 bits per heavy atom. The number of alkyl halides is 3. The molecule has 5 nitrogen and oxygen atoms in total. The number of esters is 1. The van der Waals surface area contributed by atoms with E-state index in [0.717, 1.165) is 16.8 Å². The number of carbonyl (C=O) groups excluding carboxylic acids is 1. The highest BCUT2D eigenvalue weighted by Crippen LogP contribution is 2.35. The average molecular weight is 440 g/mol. The topological polar surface area (TPSA) is 57.7 Å². The van der Waals surface area contributed by atoms with Crippen LogP contribution in [0.3, 0.4) is 0 Å². The van der Waals surface area contributed by atoms with E-state index in [2.05, 4.69) is 4.98 Å². The summed E-state index contributed by atoms with van der Waals surface area (Å²) in [4.78, 5) is 15.4. The number of aromatic nitrogens is 1. The number of fused-ring (bicyclic) bond motifs is 1. The van der Waals surface area contributed by atoms with E-state index in [1.807, 2.05) is 0 Å². The van der Waals surface area contributed by atoms with Gasteiger partial charge in [-0.15, -0.1) is 0 Å². The van der Waals surface area contributed by atoms with Crippen LogP contribution in [0.2, 0.25) is 5.02 Å². The number of ether oxygens (including phenoxy) is 3.